The van der Waals surface area contributed by atoms with Crippen molar-refractivity contribution in [2.45, 2.75) is 16.7 Å². The molecule has 0 aliphatic heterocycles. The summed E-state index contributed by atoms with van der Waals surface area (Å²) >= 11 is 7.62. The molecule has 2 unspecified atom stereocenters. The van der Waals surface area contributed by atoms with Gasteiger partial charge in [0.1, 0.15) is 5.75 Å². The Morgan fingerprint density at radius 3 is 2.44 bits per heavy atom. The van der Waals surface area contributed by atoms with Gasteiger partial charge in [-0.1, -0.05) is 23.2 Å². The Morgan fingerprint density at radius 1 is 1.08 bits per heavy atom. The molecule has 0 heterocycles. The first-order valence-electron chi connectivity index (χ1n) is 6.75. The second-order valence-electron chi connectivity index (χ2n) is 4.66. The van der Waals surface area contributed by atoms with Crippen molar-refractivity contribution in [3.8, 4) is 5.75 Å². The van der Waals surface area contributed by atoms with E-state index in [0.717, 1.165) is 0 Å². The van der Waals surface area contributed by atoms with Crippen molar-refractivity contribution in [3.05, 3.63) is 46.4 Å². The minimum absolute atomic E-state index is 0.109. The number of amides is 1. The number of ether oxygens (including phenoxy) is 1. The number of carbonyl (C=O) groups is 1. The van der Waals surface area contributed by atoms with Crippen molar-refractivity contribution in [2.24, 2.45) is 0 Å². The van der Waals surface area contributed by atoms with Gasteiger partial charge in [0.25, 0.3) is 0 Å². The first-order valence-corrected chi connectivity index (χ1v) is 9.65. The molecule has 0 aliphatic rings. The van der Waals surface area contributed by atoms with E-state index in [2.05, 4.69) is 5.32 Å². The molecule has 10 heteroatoms. The molecule has 2 rings (SSSR count). The van der Waals surface area contributed by atoms with Gasteiger partial charge in [-0.25, -0.2) is 8.42 Å². The summed E-state index contributed by atoms with van der Waals surface area (Å²) < 4.78 is 34.7. The van der Waals surface area contributed by atoms with Crippen LogP contribution in [0.5, 0.6) is 5.75 Å². The maximum absolute atomic E-state index is 12.3. The molecule has 0 aliphatic carbocycles. The van der Waals surface area contributed by atoms with Crippen LogP contribution in [-0.2, 0) is 30.6 Å². The summed E-state index contributed by atoms with van der Waals surface area (Å²) in [5.41, 5.74) is 0.316. The summed E-state index contributed by atoms with van der Waals surface area (Å²) in [7, 11) is 1.43. The largest absolute Gasteiger partial charge is 0.495 e. The average Bonchev–Trinajstić information content (AvgIpc) is 2.56. The molecular weight excluding hydrogens is 409 g/mol. The molecule has 1 amide bonds. The summed E-state index contributed by atoms with van der Waals surface area (Å²) in [4.78, 5) is 11.5. The zero-order valence-corrected chi connectivity index (χ0v) is 16.2. The highest BCUT2D eigenvalue weighted by molar-refractivity contribution is 7.93. The van der Waals surface area contributed by atoms with Crippen LogP contribution in [0.2, 0.25) is 10.0 Å². The number of benzene rings is 2. The Balaban J connectivity index is 2.24. The highest BCUT2D eigenvalue weighted by Crippen LogP contribution is 2.29. The average molecular weight is 422 g/mol. The molecule has 2 aromatic rings. The van der Waals surface area contributed by atoms with Crippen molar-refractivity contribution < 1.29 is 21.6 Å². The van der Waals surface area contributed by atoms with Crippen LogP contribution >= 0.6 is 23.2 Å². The van der Waals surface area contributed by atoms with Crippen LogP contribution in [0.3, 0.4) is 0 Å². The van der Waals surface area contributed by atoms with Gasteiger partial charge in [0.15, 0.2) is 0 Å². The monoisotopic (exact) mass is 421 g/mol. The van der Waals surface area contributed by atoms with E-state index < -0.39 is 22.2 Å². The van der Waals surface area contributed by atoms with Crippen LogP contribution in [0.15, 0.2) is 46.2 Å². The summed E-state index contributed by atoms with van der Waals surface area (Å²) in [6, 6.07) is 8.76. The zero-order chi connectivity index (χ0) is 18.6. The Hall–Kier alpha value is -1.45. The number of anilines is 1. The second-order valence-corrected chi connectivity index (χ2v) is 7.89. The van der Waals surface area contributed by atoms with Crippen LogP contribution in [0.25, 0.3) is 0 Å². The van der Waals surface area contributed by atoms with Gasteiger partial charge in [-0.3, -0.25) is 4.79 Å². The molecular formula is C15H13Cl2NO5S2. The number of halogens is 2. The van der Waals surface area contributed by atoms with Crippen molar-refractivity contribution in [1.29, 1.82) is 0 Å². The molecule has 0 fully saturated rings. The molecule has 1 N–H and O–H groups in total. The maximum atomic E-state index is 12.3. The van der Waals surface area contributed by atoms with Gasteiger partial charge in [-0.15, -0.1) is 0 Å². The van der Waals surface area contributed by atoms with Crippen molar-refractivity contribution >= 4 is 57.0 Å². The topological polar surface area (TPSA) is 81.7 Å². The Labute approximate surface area is 159 Å². The zero-order valence-electron chi connectivity index (χ0n) is 13.1. The summed E-state index contributed by atoms with van der Waals surface area (Å²) in [6.07, 6.45) is 0. The molecule has 6 nitrogen and oxygen atoms in total. The maximum Gasteiger partial charge on any atom is 0.221 e. The van der Waals surface area contributed by atoms with Crippen LogP contribution in [-0.4, -0.2) is 21.4 Å². The molecule has 0 saturated heterocycles. The Bertz CT molecular complexity index is 860. The van der Waals surface area contributed by atoms with E-state index >= 15 is 0 Å². The Kier molecular flexibility index (Phi) is 6.97. The number of hydrogen-bond donors (Lipinski definition) is 1. The molecule has 134 valence electrons. The smallest absolute Gasteiger partial charge is 0.221 e. The third-order valence-electron chi connectivity index (χ3n) is 2.87. The minimum atomic E-state index is -2.10. The number of hydrogen-bond acceptors (Lipinski definition) is 5. The molecule has 0 aromatic heterocycles. The molecule has 0 saturated carbocycles. The van der Waals surface area contributed by atoms with E-state index in [1.165, 1.54) is 50.4 Å². The van der Waals surface area contributed by atoms with Gasteiger partial charge < -0.3 is 10.1 Å². The number of rotatable bonds is 6. The normalized spacial score (nSPS) is 13.1. The van der Waals surface area contributed by atoms with E-state index in [9.17, 15) is 13.2 Å². The lowest BCUT2D eigenvalue weighted by Gasteiger charge is -2.11. The predicted molar refractivity (Wildman–Crippen MR) is 97.7 cm³/mol. The lowest BCUT2D eigenvalue weighted by atomic mass is 10.3. The van der Waals surface area contributed by atoms with Crippen molar-refractivity contribution in [1.82, 2.24) is 0 Å². The third-order valence-corrected chi connectivity index (χ3v) is 5.87. The predicted octanol–water partition coefficient (Wildman–Crippen LogP) is 3.72. The first-order chi connectivity index (χ1) is 11.8. The fourth-order valence-electron chi connectivity index (χ4n) is 1.82. The highest BCUT2D eigenvalue weighted by Gasteiger charge is 2.17. The fourth-order valence-corrected chi connectivity index (χ4v) is 4.26. The van der Waals surface area contributed by atoms with Crippen LogP contribution in [0.1, 0.15) is 6.92 Å². The molecule has 0 radical (unpaired) electrons. The van der Waals surface area contributed by atoms with Gasteiger partial charge in [0, 0.05) is 11.9 Å². The highest BCUT2D eigenvalue weighted by atomic mass is 35.5. The van der Waals surface area contributed by atoms with Crippen LogP contribution < -0.4 is 10.1 Å². The summed E-state index contributed by atoms with van der Waals surface area (Å²) in [5, 5.41) is 3.05. The first kappa shape index (κ1) is 19.9. The van der Waals surface area contributed by atoms with E-state index in [0.29, 0.717) is 16.5 Å². The Morgan fingerprint density at radius 2 is 1.80 bits per heavy atom. The number of carbonyl (C=O) groups excluding carboxylic acids is 1. The SMILES string of the molecule is COc1ccc(S(=O)OS(=O)c2cc(Cl)ccc2Cl)cc1NC(C)=O. The fraction of sp³-hybridized carbons (Fsp3) is 0.133. The summed E-state index contributed by atoms with van der Waals surface area (Å²) in [6.45, 7) is 1.33. The van der Waals surface area contributed by atoms with Gasteiger partial charge in [0.2, 0.25) is 28.1 Å². The number of methoxy groups -OCH3 is 1. The van der Waals surface area contributed by atoms with Gasteiger partial charge in [-0.05, 0) is 36.4 Å². The molecule has 2 aromatic carbocycles. The van der Waals surface area contributed by atoms with Crippen molar-refractivity contribution in [2.75, 3.05) is 12.4 Å². The van der Waals surface area contributed by atoms with E-state index in [4.69, 9.17) is 31.6 Å². The third kappa shape index (κ3) is 5.26. The van der Waals surface area contributed by atoms with Crippen LogP contribution in [0, 0.1) is 0 Å². The molecule has 0 spiro atoms. The quantitative estimate of drug-likeness (QED) is 0.768. The van der Waals surface area contributed by atoms with E-state index in [1.54, 1.807) is 0 Å². The lowest BCUT2D eigenvalue weighted by Crippen LogP contribution is -2.09. The summed E-state index contributed by atoms with van der Waals surface area (Å²) in [5.74, 6) is 0.0615. The van der Waals surface area contributed by atoms with Crippen LogP contribution in [0.4, 0.5) is 5.69 Å². The molecule has 2 atom stereocenters. The van der Waals surface area contributed by atoms with E-state index in [-0.39, 0.29) is 20.7 Å². The van der Waals surface area contributed by atoms with Crippen molar-refractivity contribution in [3.63, 3.8) is 0 Å². The standard InChI is InChI=1S/C15H13Cl2NO5S2/c1-9(19)18-13-8-11(4-6-14(13)22-2)24(20)23-25(21)15-7-10(16)3-5-12(15)17/h3-8H,1-2H3,(H,18,19). The van der Waals surface area contributed by atoms with Gasteiger partial charge >= 0.3 is 0 Å². The van der Waals surface area contributed by atoms with Gasteiger partial charge in [0.05, 0.1) is 27.6 Å². The van der Waals surface area contributed by atoms with E-state index in [1.807, 2.05) is 0 Å². The minimum Gasteiger partial charge on any atom is -0.495 e. The second kappa shape index (κ2) is 8.77. The lowest BCUT2D eigenvalue weighted by molar-refractivity contribution is -0.114. The molecule has 0 bridgehead atoms. The molecule has 25 heavy (non-hydrogen) atoms. The number of nitrogens with one attached hydrogen (secondary N) is 1. The van der Waals surface area contributed by atoms with Gasteiger partial charge in [-0.2, -0.15) is 3.63 Å².